The number of benzene rings is 2. The van der Waals surface area contributed by atoms with Crippen molar-refractivity contribution in [3.05, 3.63) is 53.1 Å². The molecule has 0 atom stereocenters. The van der Waals surface area contributed by atoms with Crippen molar-refractivity contribution >= 4 is 17.3 Å². The third kappa shape index (κ3) is 2.91. The van der Waals surface area contributed by atoms with Gasteiger partial charge in [-0.05, 0) is 36.4 Å². The number of nitrogens with one attached hydrogen (secondary N) is 1. The maximum Gasteiger partial charge on any atom is 0.257 e. The van der Waals surface area contributed by atoms with E-state index in [2.05, 4.69) is 5.32 Å². The number of nitrogens with two attached hydrogens (primary N) is 1. The van der Waals surface area contributed by atoms with Gasteiger partial charge in [-0.15, -0.1) is 0 Å². The number of carbonyl (C=O) groups excluding carboxylic acids is 1. The summed E-state index contributed by atoms with van der Waals surface area (Å²) in [5, 5.41) is 29.7. The molecule has 0 saturated carbocycles. The normalized spacial score (nSPS) is 9.43. The van der Waals surface area contributed by atoms with Gasteiger partial charge in [-0.2, -0.15) is 10.5 Å². The summed E-state index contributed by atoms with van der Waals surface area (Å²) in [5.41, 5.74) is 6.78. The van der Waals surface area contributed by atoms with Crippen LogP contribution in [0.15, 0.2) is 36.4 Å². The van der Waals surface area contributed by atoms with Crippen LogP contribution in [-0.2, 0) is 0 Å². The molecular weight excluding hydrogens is 268 g/mol. The topological polar surface area (TPSA) is 123 Å². The van der Waals surface area contributed by atoms with Crippen LogP contribution in [0.2, 0.25) is 0 Å². The third-order valence-electron chi connectivity index (χ3n) is 2.80. The summed E-state index contributed by atoms with van der Waals surface area (Å²) >= 11 is 0. The van der Waals surface area contributed by atoms with Crippen LogP contribution >= 0.6 is 0 Å². The Morgan fingerprint density at radius 2 is 1.81 bits per heavy atom. The largest absolute Gasteiger partial charge is 0.508 e. The molecule has 6 nitrogen and oxygen atoms in total. The number of hydrogen-bond donors (Lipinski definition) is 3. The minimum atomic E-state index is -0.517. The van der Waals surface area contributed by atoms with Crippen molar-refractivity contribution in [2.24, 2.45) is 0 Å². The Kier molecular flexibility index (Phi) is 3.74. The highest BCUT2D eigenvalue weighted by Gasteiger charge is 2.12. The predicted molar refractivity (Wildman–Crippen MR) is 76.3 cm³/mol. The highest BCUT2D eigenvalue weighted by Crippen LogP contribution is 2.21. The van der Waals surface area contributed by atoms with Crippen LogP contribution in [0, 0.1) is 22.7 Å². The van der Waals surface area contributed by atoms with E-state index in [1.165, 1.54) is 36.4 Å². The molecule has 2 rings (SSSR count). The molecule has 0 radical (unpaired) electrons. The van der Waals surface area contributed by atoms with Gasteiger partial charge >= 0.3 is 0 Å². The first-order chi connectivity index (χ1) is 10.0. The number of amides is 1. The number of hydrogen-bond acceptors (Lipinski definition) is 5. The first-order valence-electron chi connectivity index (χ1n) is 5.89. The van der Waals surface area contributed by atoms with Crippen LogP contribution in [0.1, 0.15) is 21.5 Å². The number of nitrogens with zero attached hydrogens (tertiary/aromatic N) is 2. The van der Waals surface area contributed by atoms with Crippen LogP contribution in [0.4, 0.5) is 11.4 Å². The van der Waals surface area contributed by atoms with Gasteiger partial charge in [0.15, 0.2) is 0 Å². The van der Waals surface area contributed by atoms with Crippen LogP contribution in [0.3, 0.4) is 0 Å². The smallest absolute Gasteiger partial charge is 0.257 e. The van der Waals surface area contributed by atoms with E-state index in [0.717, 1.165) is 0 Å². The number of phenolic OH excluding ortho intramolecular Hbond substituents is 1. The molecule has 4 N–H and O–H groups in total. The van der Waals surface area contributed by atoms with Crippen LogP contribution in [0.25, 0.3) is 0 Å². The van der Waals surface area contributed by atoms with E-state index in [1.807, 2.05) is 12.1 Å². The SMILES string of the molecule is N#Cc1ccc(NC(=O)c2cc(O)ccc2N)cc1C#N. The van der Waals surface area contributed by atoms with Crippen molar-refractivity contribution < 1.29 is 9.90 Å². The number of phenols is 1. The van der Waals surface area contributed by atoms with E-state index in [-0.39, 0.29) is 28.1 Å². The number of aromatic hydroxyl groups is 1. The maximum absolute atomic E-state index is 12.1. The Labute approximate surface area is 120 Å². The van der Waals surface area contributed by atoms with E-state index in [4.69, 9.17) is 16.3 Å². The quantitative estimate of drug-likeness (QED) is 0.572. The van der Waals surface area contributed by atoms with Gasteiger partial charge in [-0.3, -0.25) is 4.79 Å². The van der Waals surface area contributed by atoms with Gasteiger partial charge < -0.3 is 16.2 Å². The monoisotopic (exact) mass is 278 g/mol. The molecule has 6 heteroatoms. The molecule has 0 aromatic heterocycles. The highest BCUT2D eigenvalue weighted by molar-refractivity contribution is 6.08. The second kappa shape index (κ2) is 5.64. The van der Waals surface area contributed by atoms with Gasteiger partial charge in [0.2, 0.25) is 0 Å². The van der Waals surface area contributed by atoms with E-state index >= 15 is 0 Å². The Morgan fingerprint density at radius 3 is 2.48 bits per heavy atom. The Morgan fingerprint density at radius 1 is 1.10 bits per heavy atom. The zero-order valence-electron chi connectivity index (χ0n) is 10.8. The fraction of sp³-hybridized carbons (Fsp3) is 0. The highest BCUT2D eigenvalue weighted by atomic mass is 16.3. The zero-order valence-corrected chi connectivity index (χ0v) is 10.8. The first kappa shape index (κ1) is 13.9. The molecular formula is C15H10N4O2. The van der Waals surface area contributed by atoms with Gasteiger partial charge in [0.25, 0.3) is 5.91 Å². The minimum absolute atomic E-state index is 0.0770. The maximum atomic E-state index is 12.1. The van der Waals surface area contributed by atoms with Crippen LogP contribution in [-0.4, -0.2) is 11.0 Å². The summed E-state index contributed by atoms with van der Waals surface area (Å²) in [6, 6.07) is 12.2. The van der Waals surface area contributed by atoms with Crippen molar-refractivity contribution in [2.45, 2.75) is 0 Å². The van der Waals surface area contributed by atoms with Crippen molar-refractivity contribution in [3.63, 3.8) is 0 Å². The molecule has 0 spiro atoms. The molecule has 0 aliphatic heterocycles. The number of carbonyl (C=O) groups is 1. The summed E-state index contributed by atoms with van der Waals surface area (Å²) < 4.78 is 0. The molecule has 2 aromatic rings. The molecule has 102 valence electrons. The molecule has 21 heavy (non-hydrogen) atoms. The standard InChI is InChI=1S/C15H10N4O2/c16-7-9-1-2-11(5-10(9)8-17)19-15(21)13-6-12(20)3-4-14(13)18/h1-6,20H,18H2,(H,19,21). The molecule has 0 saturated heterocycles. The van der Waals surface area contributed by atoms with E-state index in [0.29, 0.717) is 5.69 Å². The van der Waals surface area contributed by atoms with Crippen molar-refractivity contribution in [1.29, 1.82) is 10.5 Å². The summed E-state index contributed by atoms with van der Waals surface area (Å²) in [6.45, 7) is 0. The lowest BCUT2D eigenvalue weighted by Gasteiger charge is -2.08. The van der Waals surface area contributed by atoms with Crippen molar-refractivity contribution in [3.8, 4) is 17.9 Å². The lowest BCUT2D eigenvalue weighted by Crippen LogP contribution is -2.14. The number of anilines is 2. The molecule has 0 unspecified atom stereocenters. The third-order valence-corrected chi connectivity index (χ3v) is 2.80. The van der Waals surface area contributed by atoms with E-state index < -0.39 is 5.91 Å². The van der Waals surface area contributed by atoms with Gasteiger partial charge in [0.05, 0.1) is 16.7 Å². The first-order valence-corrected chi connectivity index (χ1v) is 5.89. The number of rotatable bonds is 2. The zero-order chi connectivity index (χ0) is 15.4. The van der Waals surface area contributed by atoms with Crippen LogP contribution in [0.5, 0.6) is 5.75 Å². The van der Waals surface area contributed by atoms with E-state index in [1.54, 1.807) is 0 Å². The summed E-state index contributed by atoms with van der Waals surface area (Å²) in [4.78, 5) is 12.1. The summed E-state index contributed by atoms with van der Waals surface area (Å²) in [7, 11) is 0. The fourth-order valence-corrected chi connectivity index (χ4v) is 1.75. The second-order valence-electron chi connectivity index (χ2n) is 4.21. The Bertz CT molecular complexity index is 800. The molecule has 0 heterocycles. The van der Waals surface area contributed by atoms with Gasteiger partial charge in [-0.25, -0.2) is 0 Å². The fourth-order valence-electron chi connectivity index (χ4n) is 1.75. The van der Waals surface area contributed by atoms with Crippen molar-refractivity contribution in [2.75, 3.05) is 11.1 Å². The van der Waals surface area contributed by atoms with Gasteiger partial charge in [0.1, 0.15) is 17.9 Å². The predicted octanol–water partition coefficient (Wildman–Crippen LogP) is 1.97. The second-order valence-corrected chi connectivity index (χ2v) is 4.21. The van der Waals surface area contributed by atoms with Gasteiger partial charge in [-0.1, -0.05) is 0 Å². The lowest BCUT2D eigenvalue weighted by molar-refractivity contribution is 0.102. The molecule has 1 amide bonds. The van der Waals surface area contributed by atoms with E-state index in [9.17, 15) is 9.90 Å². The summed E-state index contributed by atoms with van der Waals surface area (Å²) in [6.07, 6.45) is 0. The average molecular weight is 278 g/mol. The number of nitrogen functional groups attached to an aromatic ring is 1. The lowest BCUT2D eigenvalue weighted by atomic mass is 10.1. The van der Waals surface area contributed by atoms with Gasteiger partial charge in [0, 0.05) is 11.4 Å². The minimum Gasteiger partial charge on any atom is -0.508 e. The van der Waals surface area contributed by atoms with Crippen molar-refractivity contribution in [1.82, 2.24) is 0 Å². The summed E-state index contributed by atoms with van der Waals surface area (Å²) in [5.74, 6) is -0.594. The Hall–Kier alpha value is -3.51. The van der Waals surface area contributed by atoms with Crippen LogP contribution < -0.4 is 11.1 Å². The number of nitriles is 2. The average Bonchev–Trinajstić information content (AvgIpc) is 2.49. The molecule has 0 aliphatic rings. The Balaban J connectivity index is 2.30. The molecule has 0 bridgehead atoms. The molecule has 0 fully saturated rings. The molecule has 2 aromatic carbocycles. The molecule has 0 aliphatic carbocycles.